The molecule has 5 N–H and O–H groups in total. The van der Waals surface area contributed by atoms with Gasteiger partial charge in [-0.25, -0.2) is 4.57 Å². The van der Waals surface area contributed by atoms with Crippen molar-refractivity contribution in [3.63, 3.8) is 0 Å². The molecule has 0 heterocycles. The van der Waals surface area contributed by atoms with E-state index in [0.717, 1.165) is 0 Å². The predicted molar refractivity (Wildman–Crippen MR) is 37.3 cm³/mol. The first-order valence-electron chi connectivity index (χ1n) is 2.23. The quantitative estimate of drug-likeness (QED) is 0.171. The molecule has 0 aliphatic carbocycles. The van der Waals surface area contributed by atoms with Gasteiger partial charge in [-0.1, -0.05) is 0 Å². The fourth-order valence-corrected chi connectivity index (χ4v) is 0.448. The molecule has 6 nitrogen and oxygen atoms in total. The second kappa shape index (κ2) is 6.72. The van der Waals surface area contributed by atoms with Gasteiger partial charge in [-0.3, -0.25) is 0 Å². The molecule has 0 aromatic carbocycles. The fourth-order valence-electron chi connectivity index (χ4n) is 0.189. The van der Waals surface area contributed by atoms with Crippen molar-refractivity contribution < 1.29 is 19.0 Å². The van der Waals surface area contributed by atoms with Gasteiger partial charge < -0.3 is 15.5 Å². The first-order valence-corrected chi connectivity index (χ1v) is 3.76. The molecule has 0 aromatic rings. The molecule has 0 aromatic heterocycles. The second-order valence-electron chi connectivity index (χ2n) is 1.26. The van der Waals surface area contributed by atoms with Crippen molar-refractivity contribution in [3.8, 4) is 0 Å². The van der Waals surface area contributed by atoms with E-state index in [1.165, 1.54) is 0 Å². The first kappa shape index (κ1) is 13.6. The summed E-state index contributed by atoms with van der Waals surface area (Å²) < 4.78 is 13.7. The van der Waals surface area contributed by atoms with E-state index in [4.69, 9.17) is 15.5 Å². The molecule has 0 unspecified atom stereocenters. The summed E-state index contributed by atoms with van der Waals surface area (Å²) in [5, 5.41) is 0. The van der Waals surface area contributed by atoms with Crippen LogP contribution in [-0.4, -0.2) is 52.4 Å². The predicted octanol–water partition coefficient (Wildman–Crippen LogP) is -2.09. The van der Waals surface area contributed by atoms with Crippen molar-refractivity contribution in [1.82, 2.24) is 5.48 Å². The van der Waals surface area contributed by atoms with Gasteiger partial charge in [0, 0.05) is 13.1 Å². The van der Waals surface area contributed by atoms with Crippen LogP contribution in [0.4, 0.5) is 0 Å². The van der Waals surface area contributed by atoms with Crippen LogP contribution in [0.15, 0.2) is 0 Å². The molecular weight excluding hydrogens is 170 g/mol. The van der Waals surface area contributed by atoms with Crippen LogP contribution >= 0.6 is 7.82 Å². The summed E-state index contributed by atoms with van der Waals surface area (Å²) in [5.74, 6) is 0. The standard InChI is InChI=1S/C2H9N2O4P.Na.H/c3-1-2-4-8-9(5,6)7;;/h4H,1-3H2,(H2,5,6,7);;. The summed E-state index contributed by atoms with van der Waals surface area (Å²) in [4.78, 5) is 16.1. The molecule has 10 heavy (non-hydrogen) atoms. The van der Waals surface area contributed by atoms with E-state index in [1.54, 1.807) is 0 Å². The average molecular weight is 180 g/mol. The Labute approximate surface area is 80.6 Å². The third-order valence-corrected chi connectivity index (χ3v) is 0.797. The van der Waals surface area contributed by atoms with Gasteiger partial charge in [-0.05, 0) is 0 Å². The van der Waals surface area contributed by atoms with E-state index in [9.17, 15) is 4.57 Å². The summed E-state index contributed by atoms with van der Waals surface area (Å²) in [5.41, 5.74) is 6.95. The van der Waals surface area contributed by atoms with Crippen molar-refractivity contribution in [1.29, 1.82) is 0 Å². The van der Waals surface area contributed by atoms with Crippen LogP contribution in [0, 0.1) is 0 Å². The van der Waals surface area contributed by atoms with E-state index in [2.05, 4.69) is 4.62 Å². The zero-order valence-corrected chi connectivity index (χ0v) is 5.54. The molecule has 0 aliphatic rings. The van der Waals surface area contributed by atoms with Crippen molar-refractivity contribution in [2.75, 3.05) is 13.1 Å². The molecule has 8 heteroatoms. The molecule has 0 aliphatic heterocycles. The number of nitrogens with two attached hydrogens (primary N) is 1. The van der Waals surface area contributed by atoms with Gasteiger partial charge in [0.2, 0.25) is 0 Å². The molecule has 0 bridgehead atoms. The Morgan fingerprint density at radius 2 is 2.10 bits per heavy atom. The number of nitrogens with one attached hydrogen (secondary N) is 1. The summed E-state index contributed by atoms with van der Waals surface area (Å²) in [6.45, 7) is 0.477. The van der Waals surface area contributed by atoms with Gasteiger partial charge >= 0.3 is 37.4 Å². The number of rotatable bonds is 4. The first-order chi connectivity index (χ1) is 4.06. The third kappa shape index (κ3) is 11.8. The number of hydroxylamine groups is 1. The maximum absolute atomic E-state index is 9.87. The van der Waals surface area contributed by atoms with E-state index < -0.39 is 7.82 Å². The average Bonchev–Trinajstić information content (AvgIpc) is 1.63. The number of phosphoric acid groups is 1. The normalized spacial score (nSPS) is 10.7. The van der Waals surface area contributed by atoms with Crippen LogP contribution in [0.25, 0.3) is 0 Å². The Balaban J connectivity index is 0. The third-order valence-electron chi connectivity index (χ3n) is 0.430. The van der Waals surface area contributed by atoms with E-state index in [-0.39, 0.29) is 42.6 Å². The van der Waals surface area contributed by atoms with Gasteiger partial charge in [-0.15, -0.1) is 0 Å². The summed E-state index contributed by atoms with van der Waals surface area (Å²) in [6, 6.07) is 0. The zero-order valence-electron chi connectivity index (χ0n) is 4.65. The zero-order chi connectivity index (χ0) is 7.33. The minimum atomic E-state index is -4.36. The Bertz CT molecular complexity index is 116. The molecule has 0 spiro atoms. The number of hydrogen-bond donors (Lipinski definition) is 4. The van der Waals surface area contributed by atoms with Crippen LogP contribution in [0.3, 0.4) is 0 Å². The molecule has 0 saturated heterocycles. The van der Waals surface area contributed by atoms with Crippen LogP contribution in [0.5, 0.6) is 0 Å². The van der Waals surface area contributed by atoms with Crippen molar-refractivity contribution in [3.05, 3.63) is 0 Å². The van der Waals surface area contributed by atoms with Crippen LogP contribution in [-0.2, 0) is 9.19 Å². The van der Waals surface area contributed by atoms with E-state index in [0.29, 0.717) is 0 Å². The Morgan fingerprint density at radius 3 is 2.40 bits per heavy atom. The topological polar surface area (TPSA) is 105 Å². The van der Waals surface area contributed by atoms with Gasteiger partial charge in [0.1, 0.15) is 0 Å². The van der Waals surface area contributed by atoms with Crippen molar-refractivity contribution in [2.24, 2.45) is 5.73 Å². The second-order valence-corrected chi connectivity index (χ2v) is 2.43. The Kier molecular flexibility index (Phi) is 9.15. The molecular formula is C2H10N2NaO4P. The van der Waals surface area contributed by atoms with Gasteiger partial charge in [-0.2, -0.15) is 10.1 Å². The maximum atomic E-state index is 9.87. The summed E-state index contributed by atoms with van der Waals surface area (Å²) in [7, 11) is -4.36. The fraction of sp³-hybridized carbons (Fsp3) is 1.00. The SMILES string of the molecule is NCCNOP(=O)(O)O.[NaH]. The van der Waals surface area contributed by atoms with Crippen LogP contribution < -0.4 is 11.2 Å². The summed E-state index contributed by atoms with van der Waals surface area (Å²) in [6.07, 6.45) is 0. The van der Waals surface area contributed by atoms with Gasteiger partial charge in [0.15, 0.2) is 0 Å². The molecule has 0 atom stereocenters. The Hall–Kier alpha value is 1.03. The molecule has 0 fully saturated rings. The number of hydrogen-bond acceptors (Lipinski definition) is 4. The van der Waals surface area contributed by atoms with Crippen molar-refractivity contribution >= 4 is 37.4 Å². The molecule has 0 rings (SSSR count). The van der Waals surface area contributed by atoms with Crippen LogP contribution in [0.1, 0.15) is 0 Å². The van der Waals surface area contributed by atoms with E-state index in [1.807, 2.05) is 5.48 Å². The molecule has 0 saturated carbocycles. The Morgan fingerprint density at radius 1 is 1.60 bits per heavy atom. The molecule has 0 amide bonds. The molecule has 58 valence electrons. The van der Waals surface area contributed by atoms with E-state index >= 15 is 0 Å². The van der Waals surface area contributed by atoms with Crippen molar-refractivity contribution in [2.45, 2.75) is 0 Å². The minimum absolute atomic E-state index is 0. The summed E-state index contributed by atoms with van der Waals surface area (Å²) >= 11 is 0. The van der Waals surface area contributed by atoms with Gasteiger partial charge in [0.05, 0.1) is 0 Å². The van der Waals surface area contributed by atoms with Gasteiger partial charge in [0.25, 0.3) is 0 Å². The molecule has 0 radical (unpaired) electrons. The van der Waals surface area contributed by atoms with Crippen LogP contribution in [0.2, 0.25) is 0 Å². The monoisotopic (exact) mass is 180 g/mol.